The van der Waals surface area contributed by atoms with Crippen molar-refractivity contribution in [1.29, 1.82) is 0 Å². The number of aldehydes is 1. The third-order valence-electron chi connectivity index (χ3n) is 1.42. The minimum Gasteiger partial charge on any atom is -0.479 e. The maximum Gasteiger partial charge on any atom is 0.335 e. The van der Waals surface area contributed by atoms with Crippen LogP contribution in [-0.4, -0.2) is 91.8 Å². The topological polar surface area (TPSA) is 135 Å². The van der Waals surface area contributed by atoms with Crippen molar-refractivity contribution < 1.29 is 35.1 Å². The average Bonchev–Trinajstić information content (AvgIpc) is 2.12. The van der Waals surface area contributed by atoms with Crippen molar-refractivity contribution in [3.8, 4) is 0 Å². The summed E-state index contributed by atoms with van der Waals surface area (Å²) in [7, 11) is 0. The van der Waals surface area contributed by atoms with Crippen LogP contribution in [-0.2, 0) is 9.59 Å². The van der Waals surface area contributed by atoms with Gasteiger partial charge < -0.3 is 30.3 Å². The summed E-state index contributed by atoms with van der Waals surface area (Å²) in [6.07, 6.45) is -8.39. The van der Waals surface area contributed by atoms with E-state index >= 15 is 0 Å². The molecule has 0 aliphatic rings. The molecule has 5 N–H and O–H groups in total. The van der Waals surface area contributed by atoms with Gasteiger partial charge >= 0.3 is 5.97 Å². The monoisotopic (exact) mass is 217 g/mol. The number of carbonyl (C=O) groups excluding carboxylic acids is 1. The van der Waals surface area contributed by atoms with Gasteiger partial charge in [0, 0.05) is 29.6 Å². The average molecular weight is 217 g/mol. The second-order valence-corrected chi connectivity index (χ2v) is 2.39. The molecule has 0 aliphatic carbocycles. The van der Waals surface area contributed by atoms with Gasteiger partial charge in [0.25, 0.3) is 0 Å². The summed E-state index contributed by atoms with van der Waals surface area (Å²) in [6, 6.07) is 0. The van der Waals surface area contributed by atoms with E-state index in [1.54, 1.807) is 0 Å². The number of carboxylic acid groups (broad SMARTS) is 1. The van der Waals surface area contributed by atoms with Crippen molar-refractivity contribution in [1.82, 2.24) is 0 Å². The van der Waals surface area contributed by atoms with Gasteiger partial charge in [0.05, 0.1) is 0 Å². The molecule has 0 heterocycles. The van der Waals surface area contributed by atoms with Crippen LogP contribution in [0.5, 0.6) is 0 Å². The predicted octanol–water partition coefficient (Wildman–Crippen LogP) is -3.67. The number of aliphatic hydroxyl groups excluding tert-OH is 4. The number of rotatable bonds is 5. The summed E-state index contributed by atoms with van der Waals surface area (Å²) in [4.78, 5) is 20.0. The third kappa shape index (κ3) is 4.47. The fourth-order valence-electron chi connectivity index (χ4n) is 0.615. The van der Waals surface area contributed by atoms with Crippen LogP contribution < -0.4 is 0 Å². The van der Waals surface area contributed by atoms with Crippen LogP contribution in [0.1, 0.15) is 0 Å². The molecule has 0 aromatic carbocycles. The summed E-state index contributed by atoms with van der Waals surface area (Å²) in [5.74, 6) is -1.76. The molecule has 1 radical (unpaired) electrons. The number of aliphatic carboxylic acids is 1. The molecule has 0 fully saturated rings. The molecule has 0 saturated carbocycles. The molecular formula is C6H10NaO7. The summed E-state index contributed by atoms with van der Waals surface area (Å²) in [5, 5.41) is 43.2. The van der Waals surface area contributed by atoms with Gasteiger partial charge in [-0.3, -0.25) is 0 Å². The number of carboxylic acids is 1. The Labute approximate surface area is 101 Å². The van der Waals surface area contributed by atoms with E-state index in [1.807, 2.05) is 0 Å². The number of aliphatic hydroxyl groups is 4. The van der Waals surface area contributed by atoms with Crippen molar-refractivity contribution in [2.75, 3.05) is 0 Å². The first-order valence-corrected chi connectivity index (χ1v) is 3.32. The second-order valence-electron chi connectivity index (χ2n) is 2.39. The zero-order valence-electron chi connectivity index (χ0n) is 7.44. The molecule has 0 spiro atoms. The first-order valence-electron chi connectivity index (χ1n) is 3.32. The van der Waals surface area contributed by atoms with Crippen LogP contribution in [0.2, 0.25) is 0 Å². The van der Waals surface area contributed by atoms with E-state index in [2.05, 4.69) is 0 Å². The van der Waals surface area contributed by atoms with Crippen LogP contribution in [0.25, 0.3) is 0 Å². The second kappa shape index (κ2) is 7.30. The molecule has 0 rings (SSSR count). The van der Waals surface area contributed by atoms with E-state index < -0.39 is 30.4 Å². The molecule has 0 aliphatic heterocycles. The molecule has 0 unspecified atom stereocenters. The first-order chi connectivity index (χ1) is 5.91. The predicted molar refractivity (Wildman–Crippen MR) is 43.5 cm³/mol. The number of hydrogen-bond acceptors (Lipinski definition) is 6. The molecule has 0 aromatic rings. The van der Waals surface area contributed by atoms with Gasteiger partial charge in [-0.05, 0) is 0 Å². The molecule has 14 heavy (non-hydrogen) atoms. The van der Waals surface area contributed by atoms with E-state index in [0.29, 0.717) is 0 Å². The summed E-state index contributed by atoms with van der Waals surface area (Å²) in [5.41, 5.74) is 0. The molecule has 4 atom stereocenters. The fraction of sp³-hybridized carbons (Fsp3) is 0.667. The van der Waals surface area contributed by atoms with Gasteiger partial charge in [0.1, 0.15) is 18.3 Å². The Kier molecular flexibility index (Phi) is 8.55. The molecule has 0 amide bonds. The van der Waals surface area contributed by atoms with E-state index in [4.69, 9.17) is 25.5 Å². The maximum absolute atomic E-state index is 10.1. The molecule has 7 nitrogen and oxygen atoms in total. The minimum absolute atomic E-state index is 0. The fourth-order valence-corrected chi connectivity index (χ4v) is 0.615. The Morgan fingerprint density at radius 2 is 1.50 bits per heavy atom. The van der Waals surface area contributed by atoms with Gasteiger partial charge in [-0.2, -0.15) is 0 Å². The van der Waals surface area contributed by atoms with Crippen molar-refractivity contribution in [3.63, 3.8) is 0 Å². The normalized spacial score (nSPS) is 18.6. The molecule has 0 saturated heterocycles. The van der Waals surface area contributed by atoms with Crippen molar-refractivity contribution in [2.45, 2.75) is 24.4 Å². The SMILES string of the molecule is O=C[C@@H](O)[C@@H](O)[C@H](O)[C@@H](O)C(=O)O.[Na]. The standard InChI is InChI=1S/C6H10O7.Na/c7-1-2(8)3(9)4(10)5(11)6(12)13;/h1-5,8-11H,(H,12,13);/t2-,3-,4+,5-;/m1./s1. The third-order valence-corrected chi connectivity index (χ3v) is 1.42. The van der Waals surface area contributed by atoms with Gasteiger partial charge in [0.15, 0.2) is 12.4 Å². The zero-order chi connectivity index (χ0) is 10.6. The van der Waals surface area contributed by atoms with Gasteiger partial charge in [-0.25, -0.2) is 4.79 Å². The smallest absolute Gasteiger partial charge is 0.335 e. The Morgan fingerprint density at radius 3 is 1.79 bits per heavy atom. The van der Waals surface area contributed by atoms with Crippen LogP contribution in [0.3, 0.4) is 0 Å². The van der Waals surface area contributed by atoms with Crippen molar-refractivity contribution >= 4 is 41.8 Å². The van der Waals surface area contributed by atoms with Crippen LogP contribution >= 0.6 is 0 Å². The number of carbonyl (C=O) groups is 2. The Morgan fingerprint density at radius 1 is 1.07 bits per heavy atom. The van der Waals surface area contributed by atoms with E-state index in [-0.39, 0.29) is 35.8 Å². The van der Waals surface area contributed by atoms with Crippen molar-refractivity contribution in [3.05, 3.63) is 0 Å². The molecule has 8 heteroatoms. The van der Waals surface area contributed by atoms with E-state index in [9.17, 15) is 9.59 Å². The van der Waals surface area contributed by atoms with E-state index in [0.717, 1.165) is 0 Å². The molecular weight excluding hydrogens is 207 g/mol. The number of hydrogen-bond donors (Lipinski definition) is 5. The molecule has 0 aromatic heterocycles. The maximum atomic E-state index is 10.1. The van der Waals surface area contributed by atoms with Crippen LogP contribution in [0.4, 0.5) is 0 Å². The van der Waals surface area contributed by atoms with Crippen LogP contribution in [0.15, 0.2) is 0 Å². The minimum atomic E-state index is -2.25. The molecule has 77 valence electrons. The van der Waals surface area contributed by atoms with Crippen LogP contribution in [0, 0.1) is 0 Å². The van der Waals surface area contributed by atoms with Gasteiger partial charge in [-0.15, -0.1) is 0 Å². The summed E-state index contributed by atoms with van der Waals surface area (Å²) >= 11 is 0. The quantitative estimate of drug-likeness (QED) is 0.236. The Bertz CT molecular complexity index is 197. The van der Waals surface area contributed by atoms with E-state index in [1.165, 1.54) is 0 Å². The largest absolute Gasteiger partial charge is 0.479 e. The zero-order valence-corrected chi connectivity index (χ0v) is 9.44. The van der Waals surface area contributed by atoms with Crippen molar-refractivity contribution in [2.24, 2.45) is 0 Å². The molecule has 0 bridgehead atoms. The summed E-state index contributed by atoms with van der Waals surface area (Å²) < 4.78 is 0. The first kappa shape index (κ1) is 16.4. The summed E-state index contributed by atoms with van der Waals surface area (Å²) in [6.45, 7) is 0. The Hall–Kier alpha value is -0.0200. The Balaban J connectivity index is 0. The van der Waals surface area contributed by atoms with Gasteiger partial charge in [-0.1, -0.05) is 0 Å². The van der Waals surface area contributed by atoms with Gasteiger partial charge in [0.2, 0.25) is 0 Å².